The van der Waals surface area contributed by atoms with Crippen LogP contribution in [-0.4, -0.2) is 46.4 Å². The van der Waals surface area contributed by atoms with E-state index in [2.05, 4.69) is 10.5 Å². The molecule has 9 nitrogen and oxygen atoms in total. The van der Waals surface area contributed by atoms with Crippen LogP contribution in [0, 0.1) is 6.92 Å². The molecule has 0 radical (unpaired) electrons. The Bertz CT molecular complexity index is 900. The first-order valence-electron chi connectivity index (χ1n) is 8.79. The van der Waals surface area contributed by atoms with Crippen molar-refractivity contribution in [2.24, 2.45) is 0 Å². The second-order valence-electron chi connectivity index (χ2n) is 6.26. The Labute approximate surface area is 160 Å². The molecule has 0 saturated heterocycles. The average molecular weight is 385 g/mol. The average Bonchev–Trinajstić information content (AvgIpc) is 3.19. The summed E-state index contributed by atoms with van der Waals surface area (Å²) in [6, 6.07) is 8.01. The van der Waals surface area contributed by atoms with Gasteiger partial charge in [0.2, 0.25) is 0 Å². The lowest BCUT2D eigenvalue weighted by Gasteiger charge is -2.17. The van der Waals surface area contributed by atoms with Crippen LogP contribution in [0.5, 0.6) is 0 Å². The third-order valence-corrected chi connectivity index (χ3v) is 4.23. The summed E-state index contributed by atoms with van der Waals surface area (Å²) in [5.41, 5.74) is 0.629. The molecule has 28 heavy (non-hydrogen) atoms. The highest BCUT2D eigenvalue weighted by Gasteiger charge is 2.35. The monoisotopic (exact) mass is 385 g/mol. The molecule has 0 saturated carbocycles. The molecule has 2 aromatic rings. The van der Waals surface area contributed by atoms with Gasteiger partial charge >= 0.3 is 5.97 Å². The van der Waals surface area contributed by atoms with Crippen molar-refractivity contribution < 1.29 is 28.4 Å². The highest BCUT2D eigenvalue weighted by molar-refractivity contribution is 6.21. The van der Waals surface area contributed by atoms with Gasteiger partial charge in [-0.2, -0.15) is 0 Å². The molecular weight excluding hydrogens is 366 g/mol. The Morgan fingerprint density at radius 1 is 1.21 bits per heavy atom. The maximum Gasteiger partial charge on any atom is 0.308 e. The number of amides is 3. The zero-order valence-corrected chi connectivity index (χ0v) is 15.4. The first-order chi connectivity index (χ1) is 13.4. The first kappa shape index (κ1) is 19.3. The molecule has 1 aliphatic heterocycles. The molecule has 0 aliphatic carbocycles. The molecule has 0 bridgehead atoms. The normalized spacial score (nSPS) is 14.0. The van der Waals surface area contributed by atoms with Crippen molar-refractivity contribution in [1.82, 2.24) is 10.1 Å². The van der Waals surface area contributed by atoms with Crippen molar-refractivity contribution in [3.8, 4) is 0 Å². The molecule has 2 heterocycles. The van der Waals surface area contributed by atoms with Gasteiger partial charge in [-0.25, -0.2) is 0 Å². The molecule has 9 heteroatoms. The van der Waals surface area contributed by atoms with Gasteiger partial charge in [-0.05, 0) is 25.5 Å². The van der Waals surface area contributed by atoms with Crippen molar-refractivity contribution in [2.45, 2.75) is 32.8 Å². The van der Waals surface area contributed by atoms with Crippen LogP contribution in [0.1, 0.15) is 46.2 Å². The van der Waals surface area contributed by atoms with E-state index in [1.165, 1.54) is 6.07 Å². The van der Waals surface area contributed by atoms with Crippen LogP contribution >= 0.6 is 0 Å². The minimum atomic E-state index is -1.02. The summed E-state index contributed by atoms with van der Waals surface area (Å²) in [6.07, 6.45) is -0.980. The van der Waals surface area contributed by atoms with Gasteiger partial charge < -0.3 is 14.6 Å². The molecule has 0 fully saturated rings. The van der Waals surface area contributed by atoms with Crippen LogP contribution in [0.4, 0.5) is 5.82 Å². The number of aryl methyl sites for hydroxylation is 1. The highest BCUT2D eigenvalue weighted by Crippen LogP contribution is 2.22. The van der Waals surface area contributed by atoms with E-state index < -0.39 is 29.8 Å². The molecule has 1 aromatic carbocycles. The van der Waals surface area contributed by atoms with E-state index in [1.54, 1.807) is 38.1 Å². The van der Waals surface area contributed by atoms with Gasteiger partial charge in [0.25, 0.3) is 17.7 Å². The predicted molar refractivity (Wildman–Crippen MR) is 96.5 cm³/mol. The van der Waals surface area contributed by atoms with Crippen LogP contribution in [0.2, 0.25) is 0 Å². The van der Waals surface area contributed by atoms with Crippen molar-refractivity contribution in [3.05, 3.63) is 47.2 Å². The SMILES string of the molecule is CCC(OC(=O)CCN1C(=O)c2ccccc2C1=O)C(=O)Nc1cc(C)on1. The number of ether oxygens (including phenoxy) is 1. The molecule has 146 valence electrons. The number of rotatable bonds is 7. The number of esters is 1. The molecular formula is C19H19N3O6. The lowest BCUT2D eigenvalue weighted by Crippen LogP contribution is -2.35. The van der Waals surface area contributed by atoms with Crippen molar-refractivity contribution in [1.29, 1.82) is 0 Å². The van der Waals surface area contributed by atoms with Crippen LogP contribution < -0.4 is 5.32 Å². The number of nitrogens with one attached hydrogen (secondary N) is 1. The van der Waals surface area contributed by atoms with Crippen LogP contribution in [-0.2, 0) is 14.3 Å². The molecule has 1 atom stereocenters. The van der Waals surface area contributed by atoms with E-state index in [0.717, 1.165) is 4.90 Å². The van der Waals surface area contributed by atoms with E-state index in [9.17, 15) is 19.2 Å². The van der Waals surface area contributed by atoms with E-state index in [-0.39, 0.29) is 25.2 Å². The fraction of sp³-hybridized carbons (Fsp3) is 0.316. The van der Waals surface area contributed by atoms with Gasteiger partial charge in [-0.3, -0.25) is 24.1 Å². The Balaban J connectivity index is 1.54. The van der Waals surface area contributed by atoms with Crippen LogP contribution in [0.25, 0.3) is 0 Å². The maximum absolute atomic E-state index is 12.3. The predicted octanol–water partition coefficient (Wildman–Crippen LogP) is 1.93. The number of anilines is 1. The molecule has 1 aromatic heterocycles. The first-order valence-corrected chi connectivity index (χ1v) is 8.79. The summed E-state index contributed by atoms with van der Waals surface area (Å²) in [4.78, 5) is 49.9. The topological polar surface area (TPSA) is 119 Å². The number of carbonyl (C=O) groups excluding carboxylic acids is 4. The van der Waals surface area contributed by atoms with E-state index >= 15 is 0 Å². The van der Waals surface area contributed by atoms with Gasteiger partial charge in [0.1, 0.15) is 5.76 Å². The molecule has 0 spiro atoms. The fourth-order valence-corrected chi connectivity index (χ4v) is 2.82. The third kappa shape index (κ3) is 3.93. The Morgan fingerprint density at radius 3 is 2.39 bits per heavy atom. The number of hydrogen-bond donors (Lipinski definition) is 1. The number of aromatic nitrogens is 1. The van der Waals surface area contributed by atoms with Crippen LogP contribution in [0.15, 0.2) is 34.9 Å². The van der Waals surface area contributed by atoms with Crippen LogP contribution in [0.3, 0.4) is 0 Å². The summed E-state index contributed by atoms with van der Waals surface area (Å²) >= 11 is 0. The zero-order valence-electron chi connectivity index (χ0n) is 15.4. The minimum absolute atomic E-state index is 0.119. The van der Waals surface area contributed by atoms with E-state index in [4.69, 9.17) is 9.26 Å². The molecule has 1 aliphatic rings. The number of benzene rings is 1. The number of hydrogen-bond acceptors (Lipinski definition) is 7. The minimum Gasteiger partial charge on any atom is -0.452 e. The highest BCUT2D eigenvalue weighted by atomic mass is 16.5. The number of imide groups is 1. The fourth-order valence-electron chi connectivity index (χ4n) is 2.82. The van der Waals surface area contributed by atoms with Crippen molar-refractivity contribution in [3.63, 3.8) is 0 Å². The van der Waals surface area contributed by atoms with E-state index in [1.807, 2.05) is 0 Å². The smallest absolute Gasteiger partial charge is 0.308 e. The van der Waals surface area contributed by atoms with Gasteiger partial charge in [-0.15, -0.1) is 0 Å². The second kappa shape index (κ2) is 8.03. The molecule has 3 rings (SSSR count). The van der Waals surface area contributed by atoms with E-state index in [0.29, 0.717) is 16.9 Å². The summed E-state index contributed by atoms with van der Waals surface area (Å²) in [5.74, 6) is -1.36. The zero-order chi connectivity index (χ0) is 20.3. The summed E-state index contributed by atoms with van der Waals surface area (Å²) in [6.45, 7) is 3.25. The van der Waals surface area contributed by atoms with Gasteiger partial charge in [0, 0.05) is 12.6 Å². The lowest BCUT2D eigenvalue weighted by atomic mass is 10.1. The quantitative estimate of drug-likeness (QED) is 0.571. The van der Waals surface area contributed by atoms with Crippen molar-refractivity contribution in [2.75, 3.05) is 11.9 Å². The third-order valence-electron chi connectivity index (χ3n) is 4.23. The Hall–Kier alpha value is -3.49. The van der Waals surface area contributed by atoms with Gasteiger partial charge in [0.05, 0.1) is 17.5 Å². The standard InChI is InChI=1S/C19H19N3O6/c1-3-14(17(24)20-15-10-11(2)28-21-15)27-16(23)8-9-22-18(25)12-6-4-5-7-13(12)19(22)26/h4-7,10,14H,3,8-9H2,1-2H3,(H,20,21,24). The largest absolute Gasteiger partial charge is 0.452 e. The second-order valence-corrected chi connectivity index (χ2v) is 6.26. The summed E-state index contributed by atoms with van der Waals surface area (Å²) < 4.78 is 10.0. The molecule has 3 amide bonds. The van der Waals surface area contributed by atoms with Gasteiger partial charge in [-0.1, -0.05) is 24.2 Å². The van der Waals surface area contributed by atoms with Crippen molar-refractivity contribution >= 4 is 29.5 Å². The Kier molecular flexibility index (Phi) is 5.53. The number of nitrogens with zero attached hydrogens (tertiary/aromatic N) is 2. The Morgan fingerprint density at radius 2 is 1.86 bits per heavy atom. The maximum atomic E-state index is 12.3. The molecule has 1 unspecified atom stereocenters. The lowest BCUT2D eigenvalue weighted by molar-refractivity contribution is -0.154. The molecule has 1 N–H and O–H groups in total. The van der Waals surface area contributed by atoms with Gasteiger partial charge in [0.15, 0.2) is 11.9 Å². The number of carbonyl (C=O) groups is 4. The summed E-state index contributed by atoms with van der Waals surface area (Å²) in [7, 11) is 0. The summed E-state index contributed by atoms with van der Waals surface area (Å²) in [5, 5.41) is 6.15. The number of fused-ring (bicyclic) bond motifs is 1.